The lowest BCUT2D eigenvalue weighted by molar-refractivity contribution is 0.376. The predicted molar refractivity (Wildman–Crippen MR) is 89.6 cm³/mol. The second kappa shape index (κ2) is 7.02. The van der Waals surface area contributed by atoms with Gasteiger partial charge in [0.1, 0.15) is 0 Å². The molecule has 1 fully saturated rings. The molecule has 0 atom stereocenters. The summed E-state index contributed by atoms with van der Waals surface area (Å²) < 4.78 is 0.315. The van der Waals surface area contributed by atoms with E-state index >= 15 is 0 Å². The maximum absolute atomic E-state index is 4.43. The number of hydrogen-bond donors (Lipinski definition) is 1. The van der Waals surface area contributed by atoms with E-state index in [1.807, 2.05) is 18.8 Å². The highest BCUT2D eigenvalue weighted by molar-refractivity contribution is 8.00. The zero-order valence-electron chi connectivity index (χ0n) is 12.7. The van der Waals surface area contributed by atoms with Gasteiger partial charge >= 0.3 is 0 Å². The monoisotopic (exact) mass is 291 g/mol. The average Bonchev–Trinajstić information content (AvgIpc) is 2.43. The number of nitrogens with one attached hydrogen (secondary N) is 1. The molecule has 1 heterocycles. The van der Waals surface area contributed by atoms with Crippen LogP contribution in [0.4, 0.5) is 0 Å². The van der Waals surface area contributed by atoms with Crippen molar-refractivity contribution in [1.29, 1.82) is 0 Å². The van der Waals surface area contributed by atoms with Gasteiger partial charge in [0.05, 0.1) is 0 Å². The Morgan fingerprint density at radius 1 is 1.35 bits per heavy atom. The zero-order valence-corrected chi connectivity index (χ0v) is 13.5. The van der Waals surface area contributed by atoms with Crippen molar-refractivity contribution in [1.82, 2.24) is 10.2 Å². The molecule has 0 bridgehead atoms. The molecule has 3 nitrogen and oxygen atoms in total. The van der Waals surface area contributed by atoms with Crippen LogP contribution in [0, 0.1) is 0 Å². The molecule has 1 aromatic rings. The first-order chi connectivity index (χ1) is 9.61. The van der Waals surface area contributed by atoms with Crippen LogP contribution < -0.4 is 5.32 Å². The molecule has 20 heavy (non-hydrogen) atoms. The SMILES string of the molecule is CN=C(NCCc1ccccc1)N1CCSC(C)(C)C1. The lowest BCUT2D eigenvalue weighted by Crippen LogP contribution is -2.51. The number of rotatable bonds is 3. The lowest BCUT2D eigenvalue weighted by Gasteiger charge is -2.39. The van der Waals surface area contributed by atoms with E-state index in [1.54, 1.807) is 0 Å². The minimum absolute atomic E-state index is 0.315. The average molecular weight is 291 g/mol. The fraction of sp³-hybridized carbons (Fsp3) is 0.562. The van der Waals surface area contributed by atoms with E-state index in [0.29, 0.717) is 4.75 Å². The number of hydrogen-bond acceptors (Lipinski definition) is 2. The van der Waals surface area contributed by atoms with Crippen molar-refractivity contribution in [2.75, 3.05) is 32.4 Å². The molecule has 1 saturated heterocycles. The molecule has 2 rings (SSSR count). The van der Waals surface area contributed by atoms with Gasteiger partial charge in [0.25, 0.3) is 0 Å². The molecule has 1 aromatic carbocycles. The van der Waals surface area contributed by atoms with Gasteiger partial charge in [0.2, 0.25) is 0 Å². The molecule has 0 aliphatic carbocycles. The van der Waals surface area contributed by atoms with Crippen LogP contribution in [-0.4, -0.2) is 48.0 Å². The second-order valence-electron chi connectivity index (χ2n) is 5.74. The maximum Gasteiger partial charge on any atom is 0.193 e. The fourth-order valence-corrected chi connectivity index (χ4v) is 3.60. The number of nitrogens with zero attached hydrogens (tertiary/aromatic N) is 2. The third-order valence-corrected chi connectivity index (χ3v) is 4.77. The van der Waals surface area contributed by atoms with Gasteiger partial charge in [0, 0.05) is 37.2 Å². The second-order valence-corrected chi connectivity index (χ2v) is 7.54. The molecular weight excluding hydrogens is 266 g/mol. The van der Waals surface area contributed by atoms with E-state index in [-0.39, 0.29) is 0 Å². The first-order valence-electron chi connectivity index (χ1n) is 7.24. The van der Waals surface area contributed by atoms with Crippen LogP contribution in [0.3, 0.4) is 0 Å². The number of aliphatic imine (C=N–C) groups is 1. The van der Waals surface area contributed by atoms with Crippen molar-refractivity contribution < 1.29 is 0 Å². The summed E-state index contributed by atoms with van der Waals surface area (Å²) in [4.78, 5) is 6.81. The van der Waals surface area contributed by atoms with E-state index in [2.05, 4.69) is 59.4 Å². The third-order valence-electron chi connectivity index (χ3n) is 3.48. The van der Waals surface area contributed by atoms with Gasteiger partial charge < -0.3 is 10.2 Å². The van der Waals surface area contributed by atoms with Gasteiger partial charge in [-0.05, 0) is 25.8 Å². The van der Waals surface area contributed by atoms with Crippen molar-refractivity contribution in [3.8, 4) is 0 Å². The molecule has 0 amide bonds. The highest BCUT2D eigenvalue weighted by Gasteiger charge is 2.28. The Labute approximate surface area is 126 Å². The molecule has 0 saturated carbocycles. The summed E-state index contributed by atoms with van der Waals surface area (Å²) in [6.45, 7) is 7.69. The van der Waals surface area contributed by atoms with Crippen LogP contribution >= 0.6 is 11.8 Å². The third kappa shape index (κ3) is 4.44. The van der Waals surface area contributed by atoms with Gasteiger partial charge in [-0.1, -0.05) is 30.3 Å². The van der Waals surface area contributed by atoms with Crippen LogP contribution in [0.1, 0.15) is 19.4 Å². The molecule has 1 N–H and O–H groups in total. The normalized spacial score (nSPS) is 18.9. The van der Waals surface area contributed by atoms with E-state index in [4.69, 9.17) is 0 Å². The minimum Gasteiger partial charge on any atom is -0.356 e. The van der Waals surface area contributed by atoms with Gasteiger partial charge in [-0.25, -0.2) is 0 Å². The molecule has 0 aromatic heterocycles. The predicted octanol–water partition coefficient (Wildman–Crippen LogP) is 2.63. The van der Waals surface area contributed by atoms with Gasteiger partial charge in [0.15, 0.2) is 5.96 Å². The molecule has 0 spiro atoms. The standard InChI is InChI=1S/C16H25N3S/c1-16(2)13-19(11-12-20-16)15(17-3)18-10-9-14-7-5-4-6-8-14/h4-8H,9-13H2,1-3H3,(H,17,18). The Morgan fingerprint density at radius 2 is 2.10 bits per heavy atom. The molecule has 1 aliphatic rings. The minimum atomic E-state index is 0.315. The Morgan fingerprint density at radius 3 is 2.75 bits per heavy atom. The Hall–Kier alpha value is -1.16. The van der Waals surface area contributed by atoms with Gasteiger partial charge in [-0.2, -0.15) is 11.8 Å². The molecule has 110 valence electrons. The Kier molecular flexibility index (Phi) is 5.35. The smallest absolute Gasteiger partial charge is 0.193 e. The molecule has 0 unspecified atom stereocenters. The highest BCUT2D eigenvalue weighted by atomic mass is 32.2. The number of thioether (sulfide) groups is 1. The molecule has 0 radical (unpaired) electrons. The van der Waals surface area contributed by atoms with Crippen molar-refractivity contribution >= 4 is 17.7 Å². The summed E-state index contributed by atoms with van der Waals surface area (Å²) in [6.07, 6.45) is 1.03. The lowest BCUT2D eigenvalue weighted by atomic mass is 10.1. The van der Waals surface area contributed by atoms with Gasteiger partial charge in [-0.3, -0.25) is 4.99 Å². The number of guanidine groups is 1. The summed E-state index contributed by atoms with van der Waals surface area (Å²) in [5, 5.41) is 3.49. The van der Waals surface area contributed by atoms with Crippen molar-refractivity contribution in [3.05, 3.63) is 35.9 Å². The topological polar surface area (TPSA) is 27.6 Å². The van der Waals surface area contributed by atoms with Crippen LogP contribution in [0.15, 0.2) is 35.3 Å². The molecule has 1 aliphatic heterocycles. The first kappa shape index (κ1) is 15.2. The number of benzene rings is 1. The summed E-state index contributed by atoms with van der Waals surface area (Å²) in [7, 11) is 1.87. The fourth-order valence-electron chi connectivity index (χ4n) is 2.49. The first-order valence-corrected chi connectivity index (χ1v) is 8.23. The summed E-state index contributed by atoms with van der Waals surface area (Å²) in [5.74, 6) is 2.21. The Bertz CT molecular complexity index is 442. The molecule has 4 heteroatoms. The van der Waals surface area contributed by atoms with Crippen molar-refractivity contribution in [2.24, 2.45) is 4.99 Å². The van der Waals surface area contributed by atoms with Crippen LogP contribution in [0.5, 0.6) is 0 Å². The van der Waals surface area contributed by atoms with Crippen molar-refractivity contribution in [2.45, 2.75) is 25.0 Å². The zero-order chi connectivity index (χ0) is 14.4. The maximum atomic E-state index is 4.43. The van der Waals surface area contributed by atoms with Crippen LogP contribution in [0.25, 0.3) is 0 Å². The van der Waals surface area contributed by atoms with Gasteiger partial charge in [-0.15, -0.1) is 0 Å². The highest BCUT2D eigenvalue weighted by Crippen LogP contribution is 2.29. The van der Waals surface area contributed by atoms with Crippen LogP contribution in [0.2, 0.25) is 0 Å². The largest absolute Gasteiger partial charge is 0.356 e. The summed E-state index contributed by atoms with van der Waals surface area (Å²) in [5.41, 5.74) is 1.37. The summed E-state index contributed by atoms with van der Waals surface area (Å²) in [6, 6.07) is 10.6. The van der Waals surface area contributed by atoms with E-state index in [9.17, 15) is 0 Å². The quantitative estimate of drug-likeness (QED) is 0.685. The van der Waals surface area contributed by atoms with Crippen LogP contribution in [-0.2, 0) is 6.42 Å². The molecular formula is C16H25N3S. The van der Waals surface area contributed by atoms with E-state index in [0.717, 1.165) is 32.0 Å². The van der Waals surface area contributed by atoms with E-state index in [1.165, 1.54) is 11.3 Å². The Balaban J connectivity index is 1.84. The summed E-state index contributed by atoms with van der Waals surface area (Å²) >= 11 is 2.05. The van der Waals surface area contributed by atoms with E-state index < -0.39 is 0 Å². The van der Waals surface area contributed by atoms with Crippen molar-refractivity contribution in [3.63, 3.8) is 0 Å².